The molecule has 1 aliphatic rings. The van der Waals surface area contributed by atoms with Crippen LogP contribution in [0.3, 0.4) is 0 Å². The Balaban J connectivity index is 2.19. The number of hydrogen-bond donors (Lipinski definition) is 0. The molecule has 2 unspecified atom stereocenters. The zero-order valence-corrected chi connectivity index (χ0v) is 11.8. The summed E-state index contributed by atoms with van der Waals surface area (Å²) in [6.07, 6.45) is 1.83. The van der Waals surface area contributed by atoms with E-state index in [0.29, 0.717) is 18.4 Å². The average Bonchev–Trinajstić information content (AvgIpc) is 2.47. The van der Waals surface area contributed by atoms with Crippen molar-refractivity contribution in [1.82, 2.24) is 4.90 Å². The molecule has 0 aliphatic heterocycles. The van der Waals surface area contributed by atoms with E-state index in [1.165, 1.54) is 4.90 Å². The van der Waals surface area contributed by atoms with Crippen molar-refractivity contribution in [2.24, 2.45) is 11.8 Å². The molecule has 0 saturated heterocycles. The third-order valence-corrected chi connectivity index (χ3v) is 3.79. The highest BCUT2D eigenvalue weighted by Crippen LogP contribution is 2.29. The van der Waals surface area contributed by atoms with Gasteiger partial charge in [-0.05, 0) is 12.8 Å². The van der Waals surface area contributed by atoms with E-state index in [4.69, 9.17) is 0 Å². The molecule has 0 aromatic heterocycles. The third kappa shape index (κ3) is 2.79. The molecule has 0 radical (unpaired) electrons. The molecule has 4 heteroatoms. The molecule has 0 bridgehead atoms. The molecule has 0 heterocycles. The third-order valence-electron chi connectivity index (χ3n) is 3.79. The van der Waals surface area contributed by atoms with Crippen LogP contribution in [0.4, 0.5) is 0 Å². The predicted molar refractivity (Wildman–Crippen MR) is 75.3 cm³/mol. The van der Waals surface area contributed by atoms with E-state index >= 15 is 0 Å². The van der Waals surface area contributed by atoms with Gasteiger partial charge in [0.25, 0.3) is 0 Å². The van der Waals surface area contributed by atoms with Crippen molar-refractivity contribution in [3.63, 3.8) is 0 Å². The summed E-state index contributed by atoms with van der Waals surface area (Å²) in [6.45, 7) is 0. The Morgan fingerprint density at radius 3 is 2.25 bits per heavy atom. The highest BCUT2D eigenvalue weighted by molar-refractivity contribution is 6.16. The van der Waals surface area contributed by atoms with Gasteiger partial charge in [-0.25, -0.2) is 0 Å². The Labute approximate surface area is 118 Å². The van der Waals surface area contributed by atoms with Crippen molar-refractivity contribution < 1.29 is 14.4 Å². The topological polar surface area (TPSA) is 54.5 Å². The monoisotopic (exact) mass is 273 g/mol. The highest BCUT2D eigenvalue weighted by atomic mass is 16.2. The van der Waals surface area contributed by atoms with Crippen molar-refractivity contribution in [1.29, 1.82) is 0 Å². The van der Waals surface area contributed by atoms with E-state index < -0.39 is 11.8 Å². The van der Waals surface area contributed by atoms with Crippen molar-refractivity contribution >= 4 is 17.5 Å². The molecule has 1 aromatic rings. The fourth-order valence-electron chi connectivity index (χ4n) is 2.67. The molecule has 0 spiro atoms. The first kappa shape index (κ1) is 14.4. The fraction of sp³-hybridized carbons (Fsp3) is 0.438. The van der Waals surface area contributed by atoms with Crippen molar-refractivity contribution in [3.05, 3.63) is 35.9 Å². The summed E-state index contributed by atoms with van der Waals surface area (Å²) in [7, 11) is 3.27. The van der Waals surface area contributed by atoms with Crippen LogP contribution in [0.25, 0.3) is 0 Å². The van der Waals surface area contributed by atoms with Gasteiger partial charge in [0.15, 0.2) is 11.6 Å². The lowest BCUT2D eigenvalue weighted by Gasteiger charge is -2.28. The van der Waals surface area contributed by atoms with E-state index in [2.05, 4.69) is 0 Å². The van der Waals surface area contributed by atoms with E-state index in [-0.39, 0.29) is 17.5 Å². The van der Waals surface area contributed by atoms with Gasteiger partial charge in [-0.2, -0.15) is 0 Å². The van der Waals surface area contributed by atoms with Crippen LogP contribution >= 0.6 is 0 Å². The number of nitrogens with zero attached hydrogens (tertiary/aromatic N) is 1. The lowest BCUT2D eigenvalue weighted by molar-refractivity contribution is -0.142. The van der Waals surface area contributed by atoms with Gasteiger partial charge < -0.3 is 4.90 Å². The summed E-state index contributed by atoms with van der Waals surface area (Å²) < 4.78 is 0. The van der Waals surface area contributed by atoms with Gasteiger partial charge in [0, 0.05) is 19.7 Å². The zero-order chi connectivity index (χ0) is 14.7. The molecular weight excluding hydrogens is 254 g/mol. The number of benzene rings is 1. The van der Waals surface area contributed by atoms with Gasteiger partial charge in [-0.3, -0.25) is 14.4 Å². The molecule has 106 valence electrons. The summed E-state index contributed by atoms with van der Waals surface area (Å²) >= 11 is 0. The van der Waals surface area contributed by atoms with Crippen molar-refractivity contribution in [3.8, 4) is 0 Å². The standard InChI is InChI=1S/C16H19NO3/c1-17(2)16(20)13-10-6-9-12(15(13)19)14(18)11-7-4-3-5-8-11/h3-5,7-8,12-13H,6,9-10H2,1-2H3. The van der Waals surface area contributed by atoms with E-state index in [1.54, 1.807) is 38.4 Å². The molecule has 1 amide bonds. The molecule has 2 rings (SSSR count). The first-order valence-electron chi connectivity index (χ1n) is 6.86. The maximum Gasteiger partial charge on any atom is 0.232 e. The van der Waals surface area contributed by atoms with E-state index in [9.17, 15) is 14.4 Å². The first-order chi connectivity index (χ1) is 9.52. The number of amides is 1. The molecule has 4 nitrogen and oxygen atoms in total. The second kappa shape index (κ2) is 5.99. The van der Waals surface area contributed by atoms with Gasteiger partial charge in [0.05, 0.1) is 11.8 Å². The van der Waals surface area contributed by atoms with Crippen LogP contribution in [0.15, 0.2) is 30.3 Å². The SMILES string of the molecule is CN(C)C(=O)C1CCCC(C(=O)c2ccccc2)C1=O. The molecule has 1 fully saturated rings. The van der Waals surface area contributed by atoms with Gasteiger partial charge in [-0.1, -0.05) is 36.8 Å². The minimum absolute atomic E-state index is 0.160. The number of carbonyl (C=O) groups is 3. The van der Waals surface area contributed by atoms with Crippen LogP contribution in [-0.2, 0) is 9.59 Å². The Morgan fingerprint density at radius 1 is 1.05 bits per heavy atom. The molecular formula is C16H19NO3. The summed E-state index contributed by atoms with van der Waals surface area (Å²) in [5, 5.41) is 0. The van der Waals surface area contributed by atoms with Crippen LogP contribution in [0.1, 0.15) is 29.6 Å². The molecule has 2 atom stereocenters. The van der Waals surface area contributed by atoms with Crippen molar-refractivity contribution in [2.75, 3.05) is 14.1 Å². The summed E-state index contributed by atoms with van der Waals surface area (Å²) in [5.41, 5.74) is 0.545. The Kier molecular flexibility index (Phi) is 4.32. The van der Waals surface area contributed by atoms with Gasteiger partial charge in [0.2, 0.25) is 5.91 Å². The second-order valence-corrected chi connectivity index (χ2v) is 5.40. The van der Waals surface area contributed by atoms with Crippen LogP contribution in [0.2, 0.25) is 0 Å². The second-order valence-electron chi connectivity index (χ2n) is 5.40. The Bertz CT molecular complexity index is 522. The predicted octanol–water partition coefficient (Wildman–Crippen LogP) is 1.94. The van der Waals surface area contributed by atoms with Crippen LogP contribution in [-0.4, -0.2) is 36.5 Å². The normalized spacial score (nSPS) is 22.4. The van der Waals surface area contributed by atoms with Crippen LogP contribution in [0, 0.1) is 11.8 Å². The zero-order valence-electron chi connectivity index (χ0n) is 11.8. The van der Waals surface area contributed by atoms with Gasteiger partial charge >= 0.3 is 0 Å². The minimum atomic E-state index is -0.667. The number of carbonyl (C=O) groups excluding carboxylic acids is 3. The molecule has 1 saturated carbocycles. The molecule has 1 aliphatic carbocycles. The quantitative estimate of drug-likeness (QED) is 0.624. The number of ketones is 2. The first-order valence-corrected chi connectivity index (χ1v) is 6.86. The minimum Gasteiger partial charge on any atom is -0.348 e. The number of rotatable bonds is 3. The maximum absolute atomic E-state index is 12.4. The summed E-state index contributed by atoms with van der Waals surface area (Å²) in [4.78, 5) is 38.3. The lowest BCUT2D eigenvalue weighted by atomic mass is 9.76. The van der Waals surface area contributed by atoms with Crippen molar-refractivity contribution in [2.45, 2.75) is 19.3 Å². The summed E-state index contributed by atoms with van der Waals surface area (Å²) in [6, 6.07) is 8.82. The number of hydrogen-bond acceptors (Lipinski definition) is 3. The van der Waals surface area contributed by atoms with Gasteiger partial charge in [-0.15, -0.1) is 0 Å². The fourth-order valence-corrected chi connectivity index (χ4v) is 2.67. The van der Waals surface area contributed by atoms with E-state index in [0.717, 1.165) is 6.42 Å². The molecule has 1 aromatic carbocycles. The largest absolute Gasteiger partial charge is 0.348 e. The maximum atomic E-state index is 12.4. The Morgan fingerprint density at radius 2 is 1.65 bits per heavy atom. The van der Waals surface area contributed by atoms with Crippen LogP contribution < -0.4 is 0 Å². The molecule has 20 heavy (non-hydrogen) atoms. The number of Topliss-reactive ketones (excluding diaryl/α,β-unsaturated/α-hetero) is 2. The van der Waals surface area contributed by atoms with Gasteiger partial charge in [0.1, 0.15) is 0 Å². The van der Waals surface area contributed by atoms with Crippen LogP contribution in [0.5, 0.6) is 0 Å². The Hall–Kier alpha value is -1.97. The smallest absolute Gasteiger partial charge is 0.232 e. The lowest BCUT2D eigenvalue weighted by Crippen LogP contribution is -2.42. The van der Waals surface area contributed by atoms with E-state index in [1.807, 2.05) is 6.07 Å². The molecule has 0 N–H and O–H groups in total. The highest BCUT2D eigenvalue weighted by Gasteiger charge is 2.40. The summed E-state index contributed by atoms with van der Waals surface area (Å²) in [5.74, 6) is -1.90. The average molecular weight is 273 g/mol.